The molecule has 0 fully saturated rings. The van der Waals surface area contributed by atoms with Crippen molar-refractivity contribution in [2.24, 2.45) is 5.73 Å². The monoisotopic (exact) mass is 406 g/mol. The molecule has 0 saturated heterocycles. The fraction of sp³-hybridized carbons (Fsp3) is 0.524. The Bertz CT molecular complexity index is 779. The van der Waals surface area contributed by atoms with Gasteiger partial charge in [0, 0.05) is 22.1 Å². The van der Waals surface area contributed by atoms with Crippen LogP contribution in [0.1, 0.15) is 62.7 Å². The predicted molar refractivity (Wildman–Crippen MR) is 123 cm³/mol. The molecular weight excluding hydrogens is 372 g/mol. The number of nitrogens with one attached hydrogen (secondary N) is 1. The first kappa shape index (κ1) is 23.5. The first-order valence-electron chi connectivity index (χ1n) is 10.0. The molecule has 3 aromatic rings. The average Bonchev–Trinajstić information content (AvgIpc) is 3.36. The Labute approximate surface area is 172 Å². The number of aromatic nitrogens is 2. The summed E-state index contributed by atoms with van der Waals surface area (Å²) in [4.78, 5) is 10.6. The summed E-state index contributed by atoms with van der Waals surface area (Å²) in [7, 11) is 0. The van der Waals surface area contributed by atoms with Crippen LogP contribution in [0.15, 0.2) is 17.6 Å². The van der Waals surface area contributed by atoms with Gasteiger partial charge in [0.05, 0.1) is 22.4 Å². The molecule has 3 heterocycles. The molecule has 0 aliphatic heterocycles. The van der Waals surface area contributed by atoms with E-state index in [-0.39, 0.29) is 0 Å². The van der Waals surface area contributed by atoms with Crippen LogP contribution in [0.5, 0.6) is 0 Å². The van der Waals surface area contributed by atoms with Crippen molar-refractivity contribution in [3.8, 4) is 0 Å². The van der Waals surface area contributed by atoms with Crippen molar-refractivity contribution in [1.29, 1.82) is 0 Å². The Morgan fingerprint density at radius 1 is 1.11 bits per heavy atom. The number of hydrogen-bond donors (Lipinski definition) is 2. The lowest BCUT2D eigenvalue weighted by atomic mass is 10.1. The lowest BCUT2D eigenvalue weighted by Gasteiger charge is -2.08. The maximum absolute atomic E-state index is 5.79. The predicted octanol–water partition coefficient (Wildman–Crippen LogP) is 6.04. The van der Waals surface area contributed by atoms with Gasteiger partial charge in [0.25, 0.3) is 0 Å². The van der Waals surface area contributed by atoms with Crippen LogP contribution in [0.25, 0.3) is 10.2 Å². The van der Waals surface area contributed by atoms with Gasteiger partial charge in [-0.3, -0.25) is 4.98 Å². The van der Waals surface area contributed by atoms with Gasteiger partial charge in [0.1, 0.15) is 5.01 Å². The van der Waals surface area contributed by atoms with E-state index in [2.05, 4.69) is 30.2 Å². The van der Waals surface area contributed by atoms with Crippen LogP contribution >= 0.6 is 22.7 Å². The first-order valence-corrected chi connectivity index (χ1v) is 11.7. The molecule has 6 heteroatoms. The average molecular weight is 407 g/mol. The van der Waals surface area contributed by atoms with Crippen molar-refractivity contribution in [3.05, 3.63) is 38.8 Å². The normalized spacial score (nSPS) is 10.0. The molecule has 0 atom stereocenters. The third-order valence-electron chi connectivity index (χ3n) is 3.87. The number of aryl methyl sites for hydroxylation is 2. The van der Waals surface area contributed by atoms with E-state index in [4.69, 9.17) is 10.7 Å². The number of thiazole rings is 1. The van der Waals surface area contributed by atoms with Gasteiger partial charge >= 0.3 is 0 Å². The van der Waals surface area contributed by atoms with Gasteiger partial charge in [-0.15, -0.1) is 22.7 Å². The summed E-state index contributed by atoms with van der Waals surface area (Å²) in [6, 6.07) is 2.18. The van der Waals surface area contributed by atoms with E-state index in [0.29, 0.717) is 6.54 Å². The SMILES string of the molecule is CC.CC.CCc1cc(NCc2nccs2)c2sc(CCN)c(CC)c2n1. The highest BCUT2D eigenvalue weighted by Gasteiger charge is 2.16. The highest BCUT2D eigenvalue weighted by molar-refractivity contribution is 7.19. The Morgan fingerprint density at radius 3 is 2.41 bits per heavy atom. The highest BCUT2D eigenvalue weighted by Crippen LogP contribution is 2.36. The van der Waals surface area contributed by atoms with Gasteiger partial charge in [-0.05, 0) is 37.4 Å². The maximum atomic E-state index is 5.79. The summed E-state index contributed by atoms with van der Waals surface area (Å²) < 4.78 is 1.25. The zero-order valence-electron chi connectivity index (χ0n) is 17.6. The smallest absolute Gasteiger partial charge is 0.112 e. The van der Waals surface area contributed by atoms with E-state index in [1.807, 2.05) is 50.6 Å². The largest absolute Gasteiger partial charge is 0.377 e. The van der Waals surface area contributed by atoms with Crippen molar-refractivity contribution < 1.29 is 0 Å². The second-order valence-electron chi connectivity index (χ2n) is 5.37. The van der Waals surface area contributed by atoms with Crippen molar-refractivity contribution in [2.75, 3.05) is 11.9 Å². The molecule has 0 amide bonds. The van der Waals surface area contributed by atoms with Crippen molar-refractivity contribution in [3.63, 3.8) is 0 Å². The fourth-order valence-corrected chi connectivity index (χ4v) is 4.63. The Balaban J connectivity index is 0.000000855. The maximum Gasteiger partial charge on any atom is 0.112 e. The van der Waals surface area contributed by atoms with Gasteiger partial charge in [-0.2, -0.15) is 0 Å². The van der Waals surface area contributed by atoms with E-state index in [0.717, 1.165) is 42.0 Å². The number of thiophene rings is 1. The van der Waals surface area contributed by atoms with Crippen molar-refractivity contribution >= 4 is 38.6 Å². The summed E-state index contributed by atoms with van der Waals surface area (Å²) >= 11 is 3.51. The quantitative estimate of drug-likeness (QED) is 0.502. The molecule has 27 heavy (non-hydrogen) atoms. The number of hydrogen-bond acceptors (Lipinski definition) is 6. The third kappa shape index (κ3) is 5.99. The van der Waals surface area contributed by atoms with Crippen LogP contribution in [0.4, 0.5) is 5.69 Å². The topological polar surface area (TPSA) is 63.8 Å². The summed E-state index contributed by atoms with van der Waals surface area (Å²) in [5.41, 5.74) is 10.6. The summed E-state index contributed by atoms with van der Waals surface area (Å²) in [5, 5.41) is 6.67. The van der Waals surface area contributed by atoms with E-state index in [1.54, 1.807) is 11.3 Å². The molecular formula is C21H34N4S2. The molecule has 0 unspecified atom stereocenters. The van der Waals surface area contributed by atoms with Gasteiger partial charge in [-0.25, -0.2) is 4.98 Å². The number of nitrogens with two attached hydrogens (primary N) is 1. The van der Waals surface area contributed by atoms with E-state index in [9.17, 15) is 0 Å². The molecule has 0 aromatic carbocycles. The highest BCUT2D eigenvalue weighted by atomic mass is 32.1. The van der Waals surface area contributed by atoms with Crippen molar-refractivity contribution in [1.82, 2.24) is 9.97 Å². The zero-order valence-corrected chi connectivity index (χ0v) is 19.2. The fourth-order valence-electron chi connectivity index (χ4n) is 2.73. The van der Waals surface area contributed by atoms with Crippen LogP contribution < -0.4 is 11.1 Å². The van der Waals surface area contributed by atoms with Crippen LogP contribution in [0.3, 0.4) is 0 Å². The number of rotatable bonds is 7. The van der Waals surface area contributed by atoms with Crippen LogP contribution in [0, 0.1) is 0 Å². The number of fused-ring (bicyclic) bond motifs is 1. The molecule has 3 aromatic heterocycles. The Morgan fingerprint density at radius 2 is 1.85 bits per heavy atom. The third-order valence-corrected chi connectivity index (χ3v) is 5.97. The molecule has 150 valence electrons. The standard InChI is InChI=1S/C17H22N4S2.2C2H6/c1-3-11-9-13(20-10-15-19-7-8-22-15)17-16(21-11)12(4-2)14(23-17)5-6-18;2*1-2/h7-9H,3-6,10,18H2,1-2H3,(H,20,21);2*1-2H3. The van der Waals surface area contributed by atoms with E-state index in [1.165, 1.54) is 20.8 Å². The minimum Gasteiger partial charge on any atom is -0.377 e. The molecule has 4 nitrogen and oxygen atoms in total. The Kier molecular flexibility index (Phi) is 11.2. The van der Waals surface area contributed by atoms with Gasteiger partial charge in [0.2, 0.25) is 0 Å². The molecule has 3 rings (SSSR count). The summed E-state index contributed by atoms with van der Waals surface area (Å²) in [5.74, 6) is 0. The van der Waals surface area contributed by atoms with E-state index < -0.39 is 0 Å². The molecule has 0 saturated carbocycles. The van der Waals surface area contributed by atoms with Gasteiger partial charge < -0.3 is 11.1 Å². The van der Waals surface area contributed by atoms with Crippen molar-refractivity contribution in [2.45, 2.75) is 67.3 Å². The first-order chi connectivity index (χ1) is 13.3. The minimum absolute atomic E-state index is 0.683. The second-order valence-corrected chi connectivity index (χ2v) is 7.45. The lowest BCUT2D eigenvalue weighted by Crippen LogP contribution is -2.03. The van der Waals surface area contributed by atoms with Gasteiger partial charge in [-0.1, -0.05) is 41.5 Å². The van der Waals surface area contributed by atoms with Crippen LogP contribution in [-0.2, 0) is 25.8 Å². The molecule has 3 N–H and O–H groups in total. The summed E-state index contributed by atoms with van der Waals surface area (Å²) in [6.45, 7) is 13.8. The summed E-state index contributed by atoms with van der Waals surface area (Å²) in [6.07, 6.45) is 4.72. The minimum atomic E-state index is 0.683. The van der Waals surface area contributed by atoms with Crippen LogP contribution in [0.2, 0.25) is 0 Å². The lowest BCUT2D eigenvalue weighted by molar-refractivity contribution is 0.963. The molecule has 0 aliphatic carbocycles. The van der Waals surface area contributed by atoms with Gasteiger partial charge in [0.15, 0.2) is 0 Å². The van der Waals surface area contributed by atoms with Crippen LogP contribution in [-0.4, -0.2) is 16.5 Å². The molecule has 0 aliphatic rings. The Hall–Kier alpha value is -1.50. The molecule has 0 spiro atoms. The zero-order chi connectivity index (χ0) is 20.2. The number of pyridine rings is 1. The number of anilines is 1. The molecule has 0 radical (unpaired) electrons. The molecule has 0 bridgehead atoms. The van der Waals surface area contributed by atoms with E-state index >= 15 is 0 Å². The second kappa shape index (κ2) is 12.8. The number of nitrogens with zero attached hydrogens (tertiary/aromatic N) is 2.